The summed E-state index contributed by atoms with van der Waals surface area (Å²) in [4.78, 5) is 14.9. The molecule has 1 saturated heterocycles. The quantitative estimate of drug-likeness (QED) is 0.815. The van der Waals surface area contributed by atoms with Crippen LogP contribution in [0, 0.1) is 18.3 Å². The molecule has 1 amide bonds. The van der Waals surface area contributed by atoms with E-state index in [2.05, 4.69) is 31.0 Å². The number of amides is 1. The van der Waals surface area contributed by atoms with Crippen LogP contribution in [-0.2, 0) is 0 Å². The van der Waals surface area contributed by atoms with Crippen molar-refractivity contribution in [3.8, 4) is 11.5 Å². The number of nitrogens with zero attached hydrogens (tertiary/aromatic N) is 3. The van der Waals surface area contributed by atoms with Crippen molar-refractivity contribution in [2.75, 3.05) is 13.1 Å². The van der Waals surface area contributed by atoms with Crippen molar-refractivity contribution in [1.29, 1.82) is 0 Å². The van der Waals surface area contributed by atoms with Gasteiger partial charge in [0.1, 0.15) is 0 Å². The van der Waals surface area contributed by atoms with E-state index in [-0.39, 0.29) is 5.91 Å². The van der Waals surface area contributed by atoms with E-state index in [0.717, 1.165) is 31.5 Å². The molecule has 0 aliphatic carbocycles. The molecule has 25 heavy (non-hydrogen) atoms. The minimum absolute atomic E-state index is 0.0904. The second kappa shape index (κ2) is 6.98. The van der Waals surface area contributed by atoms with E-state index in [1.807, 2.05) is 29.2 Å². The molecule has 1 aromatic heterocycles. The van der Waals surface area contributed by atoms with Gasteiger partial charge < -0.3 is 9.32 Å². The van der Waals surface area contributed by atoms with E-state index in [9.17, 15) is 4.79 Å². The molecule has 1 aliphatic rings. The number of rotatable bonds is 2. The summed E-state index contributed by atoms with van der Waals surface area (Å²) < 4.78 is 5.47. The molecule has 1 fully saturated rings. The second-order valence-electron chi connectivity index (χ2n) is 7.99. The second-order valence-corrected chi connectivity index (χ2v) is 7.99. The Morgan fingerprint density at radius 2 is 2.00 bits per heavy atom. The lowest BCUT2D eigenvalue weighted by molar-refractivity contribution is 0.0755. The fourth-order valence-electron chi connectivity index (χ4n) is 3.55. The third kappa shape index (κ3) is 4.09. The zero-order chi connectivity index (χ0) is 18.0. The maximum atomic E-state index is 13.0. The predicted octanol–water partition coefficient (Wildman–Crippen LogP) is 4.33. The van der Waals surface area contributed by atoms with Gasteiger partial charge in [0.25, 0.3) is 5.91 Å². The van der Waals surface area contributed by atoms with Gasteiger partial charge in [0, 0.05) is 31.1 Å². The molecule has 0 saturated carbocycles. The Morgan fingerprint density at radius 3 is 2.68 bits per heavy atom. The summed E-state index contributed by atoms with van der Waals surface area (Å²) in [6.45, 7) is 10.3. The SMILES string of the molecule is Cc1nnc(-c2cccc(C(=O)N3CCC[C@H](C(C)(C)C)CC3)c2)o1. The van der Waals surface area contributed by atoms with Crippen LogP contribution in [0.5, 0.6) is 0 Å². The molecule has 1 aromatic carbocycles. The van der Waals surface area contributed by atoms with Gasteiger partial charge >= 0.3 is 0 Å². The molecule has 2 heterocycles. The molecule has 134 valence electrons. The first kappa shape index (κ1) is 17.6. The molecule has 0 bridgehead atoms. The van der Waals surface area contributed by atoms with Crippen LogP contribution in [0.3, 0.4) is 0 Å². The fourth-order valence-corrected chi connectivity index (χ4v) is 3.55. The number of carbonyl (C=O) groups is 1. The van der Waals surface area contributed by atoms with Crippen LogP contribution in [0.4, 0.5) is 0 Å². The standard InChI is InChI=1S/C20H27N3O2/c1-14-21-22-18(25-14)15-7-5-8-16(13-15)19(24)23-11-6-9-17(10-12-23)20(2,3)4/h5,7-8,13,17H,6,9-12H2,1-4H3/t17-/m0/s1. The number of likely N-dealkylation sites (tertiary alicyclic amines) is 1. The van der Waals surface area contributed by atoms with Crippen molar-refractivity contribution < 1.29 is 9.21 Å². The maximum absolute atomic E-state index is 13.0. The Balaban J connectivity index is 1.75. The van der Waals surface area contributed by atoms with Gasteiger partial charge in [-0.05, 0) is 48.8 Å². The van der Waals surface area contributed by atoms with Crippen LogP contribution in [0.2, 0.25) is 0 Å². The summed E-state index contributed by atoms with van der Waals surface area (Å²) >= 11 is 0. The summed E-state index contributed by atoms with van der Waals surface area (Å²) in [6.07, 6.45) is 3.32. The summed E-state index contributed by atoms with van der Waals surface area (Å²) in [5, 5.41) is 7.90. The van der Waals surface area contributed by atoms with Crippen molar-refractivity contribution in [3.05, 3.63) is 35.7 Å². The Labute approximate surface area is 149 Å². The largest absolute Gasteiger partial charge is 0.421 e. The molecule has 5 heteroatoms. The molecule has 0 radical (unpaired) electrons. The summed E-state index contributed by atoms with van der Waals surface area (Å²) in [7, 11) is 0. The molecule has 5 nitrogen and oxygen atoms in total. The Morgan fingerprint density at radius 1 is 1.20 bits per heavy atom. The van der Waals surface area contributed by atoms with Crippen molar-refractivity contribution in [1.82, 2.24) is 15.1 Å². The maximum Gasteiger partial charge on any atom is 0.253 e. The van der Waals surface area contributed by atoms with Gasteiger partial charge in [-0.2, -0.15) is 0 Å². The molecule has 3 rings (SSSR count). The van der Waals surface area contributed by atoms with Crippen LogP contribution < -0.4 is 0 Å². The number of benzene rings is 1. The van der Waals surface area contributed by atoms with Gasteiger partial charge in [0.15, 0.2) is 0 Å². The van der Waals surface area contributed by atoms with E-state index in [1.54, 1.807) is 6.92 Å². The Hall–Kier alpha value is -2.17. The number of carbonyl (C=O) groups excluding carboxylic acids is 1. The highest BCUT2D eigenvalue weighted by Gasteiger charge is 2.28. The van der Waals surface area contributed by atoms with Crippen molar-refractivity contribution >= 4 is 5.91 Å². The molecule has 0 spiro atoms. The number of hydrogen-bond acceptors (Lipinski definition) is 4. The highest BCUT2D eigenvalue weighted by molar-refractivity contribution is 5.95. The highest BCUT2D eigenvalue weighted by Crippen LogP contribution is 2.34. The van der Waals surface area contributed by atoms with Crippen LogP contribution in [0.25, 0.3) is 11.5 Å². The fraction of sp³-hybridized carbons (Fsp3) is 0.550. The summed E-state index contributed by atoms with van der Waals surface area (Å²) in [5.74, 6) is 1.73. The average molecular weight is 341 g/mol. The lowest BCUT2D eigenvalue weighted by Gasteiger charge is -2.29. The first-order valence-electron chi connectivity index (χ1n) is 9.04. The lowest BCUT2D eigenvalue weighted by atomic mass is 9.77. The van der Waals surface area contributed by atoms with Crippen LogP contribution >= 0.6 is 0 Å². The molecular weight excluding hydrogens is 314 g/mol. The van der Waals surface area contributed by atoms with Gasteiger partial charge in [0.2, 0.25) is 11.8 Å². The molecule has 1 atom stereocenters. The minimum Gasteiger partial charge on any atom is -0.421 e. The minimum atomic E-state index is 0.0904. The van der Waals surface area contributed by atoms with Gasteiger partial charge in [-0.25, -0.2) is 0 Å². The monoisotopic (exact) mass is 341 g/mol. The van der Waals surface area contributed by atoms with Crippen molar-refractivity contribution in [2.45, 2.75) is 47.0 Å². The van der Waals surface area contributed by atoms with Crippen molar-refractivity contribution in [3.63, 3.8) is 0 Å². The van der Waals surface area contributed by atoms with E-state index >= 15 is 0 Å². The lowest BCUT2D eigenvalue weighted by Crippen LogP contribution is -2.32. The van der Waals surface area contributed by atoms with E-state index in [0.29, 0.717) is 28.7 Å². The van der Waals surface area contributed by atoms with Crippen LogP contribution in [0.15, 0.2) is 28.7 Å². The van der Waals surface area contributed by atoms with Gasteiger partial charge in [0.05, 0.1) is 0 Å². The van der Waals surface area contributed by atoms with Crippen LogP contribution in [0.1, 0.15) is 56.3 Å². The number of aryl methyl sites for hydroxylation is 1. The zero-order valence-electron chi connectivity index (χ0n) is 15.6. The summed E-state index contributed by atoms with van der Waals surface area (Å²) in [6, 6.07) is 7.47. The smallest absolute Gasteiger partial charge is 0.253 e. The average Bonchev–Trinajstić information content (AvgIpc) is 2.85. The molecule has 2 aromatic rings. The Kier molecular flexibility index (Phi) is 4.93. The Bertz CT molecular complexity index is 745. The van der Waals surface area contributed by atoms with E-state index in [4.69, 9.17) is 4.42 Å². The normalized spacial score (nSPS) is 18.9. The predicted molar refractivity (Wildman–Crippen MR) is 97.2 cm³/mol. The highest BCUT2D eigenvalue weighted by atomic mass is 16.4. The topological polar surface area (TPSA) is 59.2 Å². The number of hydrogen-bond donors (Lipinski definition) is 0. The molecule has 0 unspecified atom stereocenters. The molecular formula is C20H27N3O2. The van der Waals surface area contributed by atoms with Gasteiger partial charge in [-0.1, -0.05) is 26.8 Å². The molecule has 0 N–H and O–H groups in total. The van der Waals surface area contributed by atoms with Crippen molar-refractivity contribution in [2.24, 2.45) is 11.3 Å². The first-order valence-corrected chi connectivity index (χ1v) is 9.04. The van der Waals surface area contributed by atoms with Gasteiger partial charge in [-0.15, -0.1) is 10.2 Å². The van der Waals surface area contributed by atoms with E-state index < -0.39 is 0 Å². The van der Waals surface area contributed by atoms with Gasteiger partial charge in [-0.3, -0.25) is 4.79 Å². The molecule has 1 aliphatic heterocycles. The third-order valence-corrected chi connectivity index (χ3v) is 5.12. The third-order valence-electron chi connectivity index (χ3n) is 5.12. The van der Waals surface area contributed by atoms with E-state index in [1.165, 1.54) is 6.42 Å². The number of aromatic nitrogens is 2. The summed E-state index contributed by atoms with van der Waals surface area (Å²) in [5.41, 5.74) is 1.77. The zero-order valence-corrected chi connectivity index (χ0v) is 15.6. The first-order chi connectivity index (χ1) is 11.8. The van der Waals surface area contributed by atoms with Crippen LogP contribution in [-0.4, -0.2) is 34.1 Å².